The van der Waals surface area contributed by atoms with E-state index in [-0.39, 0.29) is 12.4 Å². The molecule has 32 heavy (non-hydrogen) atoms. The molecule has 168 valence electrons. The molecule has 0 spiro atoms. The molecule has 6 heteroatoms. The minimum absolute atomic E-state index is 0.0243. The highest BCUT2D eigenvalue weighted by Gasteiger charge is 2.26. The monoisotopic (exact) mass is 434 g/mol. The summed E-state index contributed by atoms with van der Waals surface area (Å²) >= 11 is 0. The summed E-state index contributed by atoms with van der Waals surface area (Å²) in [4.78, 5) is 11.9. The summed E-state index contributed by atoms with van der Waals surface area (Å²) in [5.74, 6) is 1.58. The lowest BCUT2D eigenvalue weighted by atomic mass is 10.1. The summed E-state index contributed by atoms with van der Waals surface area (Å²) < 4.78 is 19.6. The lowest BCUT2D eigenvalue weighted by Gasteiger charge is -2.21. The molecule has 0 atom stereocenters. The fourth-order valence-corrected chi connectivity index (χ4v) is 3.26. The quantitative estimate of drug-likeness (QED) is 0.430. The third-order valence-electron chi connectivity index (χ3n) is 5.54. The van der Waals surface area contributed by atoms with Crippen LogP contribution in [0.3, 0.4) is 0 Å². The Hall–Kier alpha value is -3.12. The number of rotatable bonds is 10. The molecule has 4 rings (SSSR count). The SMILES string of the molecule is CCOc1ccccc1-n1nc(COC(C)(C)C(C)=O)cc1-c1cccc(OC2CC2)c1. The van der Waals surface area contributed by atoms with Crippen molar-refractivity contribution in [2.75, 3.05) is 6.61 Å². The number of carbonyl (C=O) groups is 1. The Bertz CT molecular complexity index is 1100. The van der Waals surface area contributed by atoms with Gasteiger partial charge in [-0.3, -0.25) is 4.79 Å². The summed E-state index contributed by atoms with van der Waals surface area (Å²) in [5, 5.41) is 4.82. The molecule has 1 fully saturated rings. The van der Waals surface area contributed by atoms with Crippen molar-refractivity contribution < 1.29 is 19.0 Å². The Balaban J connectivity index is 1.74. The second kappa shape index (κ2) is 9.17. The lowest BCUT2D eigenvalue weighted by molar-refractivity contribution is -0.139. The maximum absolute atomic E-state index is 11.9. The molecular formula is C26H30N2O4. The number of nitrogens with zero attached hydrogens (tertiary/aromatic N) is 2. The number of para-hydroxylation sites is 2. The van der Waals surface area contributed by atoms with E-state index >= 15 is 0 Å². The predicted octanol–water partition coefficient (Wildman–Crippen LogP) is 5.36. The van der Waals surface area contributed by atoms with Crippen LogP contribution < -0.4 is 9.47 Å². The highest BCUT2D eigenvalue weighted by atomic mass is 16.5. The number of ether oxygens (including phenoxy) is 3. The van der Waals surface area contributed by atoms with Crippen LogP contribution in [-0.4, -0.2) is 33.9 Å². The van der Waals surface area contributed by atoms with Crippen molar-refractivity contribution in [2.24, 2.45) is 0 Å². The van der Waals surface area contributed by atoms with E-state index in [4.69, 9.17) is 19.3 Å². The van der Waals surface area contributed by atoms with Crippen molar-refractivity contribution in [2.45, 2.75) is 58.8 Å². The fraction of sp³-hybridized carbons (Fsp3) is 0.385. The number of hydrogen-bond acceptors (Lipinski definition) is 5. The molecule has 0 radical (unpaired) electrons. The van der Waals surface area contributed by atoms with Crippen molar-refractivity contribution in [1.29, 1.82) is 0 Å². The van der Waals surface area contributed by atoms with Crippen LogP contribution in [0.1, 0.15) is 46.2 Å². The van der Waals surface area contributed by atoms with E-state index in [1.807, 2.05) is 66.2 Å². The van der Waals surface area contributed by atoms with Gasteiger partial charge in [0.25, 0.3) is 0 Å². The van der Waals surface area contributed by atoms with E-state index in [2.05, 4.69) is 0 Å². The molecular weight excluding hydrogens is 404 g/mol. The molecule has 0 amide bonds. The molecule has 1 aromatic heterocycles. The first-order valence-corrected chi connectivity index (χ1v) is 11.1. The first-order chi connectivity index (χ1) is 15.4. The van der Waals surface area contributed by atoms with Gasteiger partial charge in [0.1, 0.15) is 22.8 Å². The topological polar surface area (TPSA) is 62.6 Å². The average Bonchev–Trinajstić information content (AvgIpc) is 3.48. The van der Waals surface area contributed by atoms with Crippen molar-refractivity contribution in [3.05, 3.63) is 60.3 Å². The molecule has 1 aliphatic rings. The summed E-state index contributed by atoms with van der Waals surface area (Å²) in [5.41, 5.74) is 2.59. The third kappa shape index (κ3) is 5.02. The van der Waals surface area contributed by atoms with Gasteiger partial charge >= 0.3 is 0 Å². The highest BCUT2D eigenvalue weighted by Crippen LogP contribution is 2.33. The number of ketones is 1. The van der Waals surface area contributed by atoms with Crippen LogP contribution >= 0.6 is 0 Å². The molecule has 1 heterocycles. The second-order valence-electron chi connectivity index (χ2n) is 8.53. The zero-order chi connectivity index (χ0) is 22.7. The molecule has 0 saturated heterocycles. The number of carbonyl (C=O) groups excluding carboxylic acids is 1. The predicted molar refractivity (Wildman–Crippen MR) is 123 cm³/mol. The van der Waals surface area contributed by atoms with Gasteiger partial charge < -0.3 is 14.2 Å². The molecule has 6 nitrogen and oxygen atoms in total. The average molecular weight is 435 g/mol. The van der Waals surface area contributed by atoms with Crippen molar-refractivity contribution in [3.63, 3.8) is 0 Å². The normalized spacial score (nSPS) is 13.8. The Morgan fingerprint density at radius 3 is 2.62 bits per heavy atom. The van der Waals surface area contributed by atoms with Crippen LogP contribution in [0.4, 0.5) is 0 Å². The standard InChI is InChI=1S/C26H30N2O4/c1-5-30-25-12-7-6-11-23(25)28-24(16-20(27-28)17-31-26(3,4)18(2)29)19-9-8-10-22(15-19)32-21-13-14-21/h6-12,15-16,21H,5,13-14,17H2,1-4H3. The number of aromatic nitrogens is 2. The van der Waals surface area contributed by atoms with Gasteiger partial charge in [0.15, 0.2) is 5.78 Å². The van der Waals surface area contributed by atoms with E-state index in [1.165, 1.54) is 6.92 Å². The van der Waals surface area contributed by atoms with E-state index < -0.39 is 5.60 Å². The Morgan fingerprint density at radius 2 is 1.91 bits per heavy atom. The Kier molecular flexibility index (Phi) is 6.33. The number of Topliss-reactive ketones (excluding diaryl/α,β-unsaturated/α-hetero) is 1. The smallest absolute Gasteiger partial charge is 0.161 e. The zero-order valence-electron chi connectivity index (χ0n) is 19.1. The minimum Gasteiger partial charge on any atom is -0.492 e. The zero-order valence-corrected chi connectivity index (χ0v) is 19.1. The van der Waals surface area contributed by atoms with Crippen molar-refractivity contribution in [3.8, 4) is 28.4 Å². The molecule has 1 aliphatic carbocycles. The van der Waals surface area contributed by atoms with Gasteiger partial charge in [-0.2, -0.15) is 5.10 Å². The van der Waals surface area contributed by atoms with Crippen LogP contribution in [0.2, 0.25) is 0 Å². The van der Waals surface area contributed by atoms with Crippen LogP contribution in [0.25, 0.3) is 16.9 Å². The molecule has 3 aromatic rings. The summed E-state index contributed by atoms with van der Waals surface area (Å²) in [7, 11) is 0. The first kappa shape index (κ1) is 22.1. The largest absolute Gasteiger partial charge is 0.492 e. The Labute approximate surface area is 189 Å². The maximum atomic E-state index is 11.9. The minimum atomic E-state index is -0.870. The molecule has 0 N–H and O–H groups in total. The van der Waals surface area contributed by atoms with Crippen molar-refractivity contribution >= 4 is 5.78 Å². The summed E-state index contributed by atoms with van der Waals surface area (Å²) in [6.45, 7) is 7.83. The molecule has 0 unspecified atom stereocenters. The van der Waals surface area contributed by atoms with Crippen LogP contribution in [0.5, 0.6) is 11.5 Å². The van der Waals surface area contributed by atoms with E-state index in [1.54, 1.807) is 13.8 Å². The lowest BCUT2D eigenvalue weighted by Crippen LogP contribution is -2.32. The molecule has 1 saturated carbocycles. The second-order valence-corrected chi connectivity index (χ2v) is 8.53. The van der Waals surface area contributed by atoms with Gasteiger partial charge in [0, 0.05) is 5.56 Å². The van der Waals surface area contributed by atoms with Gasteiger partial charge in [0.05, 0.1) is 30.7 Å². The van der Waals surface area contributed by atoms with Crippen LogP contribution in [0, 0.1) is 0 Å². The van der Waals surface area contributed by atoms with Crippen molar-refractivity contribution in [1.82, 2.24) is 9.78 Å². The van der Waals surface area contributed by atoms with Crippen LogP contribution in [0.15, 0.2) is 54.6 Å². The molecule has 2 aromatic carbocycles. The third-order valence-corrected chi connectivity index (χ3v) is 5.54. The number of hydrogen-bond donors (Lipinski definition) is 0. The fourth-order valence-electron chi connectivity index (χ4n) is 3.26. The highest BCUT2D eigenvalue weighted by molar-refractivity contribution is 5.83. The molecule has 0 aliphatic heterocycles. The van der Waals surface area contributed by atoms with Gasteiger partial charge in [-0.05, 0) is 70.9 Å². The van der Waals surface area contributed by atoms with E-state index in [9.17, 15) is 4.79 Å². The maximum Gasteiger partial charge on any atom is 0.161 e. The van der Waals surface area contributed by atoms with Gasteiger partial charge in [0.2, 0.25) is 0 Å². The molecule has 0 bridgehead atoms. The summed E-state index contributed by atoms with van der Waals surface area (Å²) in [6, 6.07) is 17.9. The van der Waals surface area contributed by atoms with Gasteiger partial charge in [-0.1, -0.05) is 24.3 Å². The van der Waals surface area contributed by atoms with Crippen LogP contribution in [-0.2, 0) is 16.1 Å². The summed E-state index contributed by atoms with van der Waals surface area (Å²) in [6.07, 6.45) is 2.54. The number of benzene rings is 2. The van der Waals surface area contributed by atoms with Gasteiger partial charge in [-0.15, -0.1) is 0 Å². The van der Waals surface area contributed by atoms with E-state index in [0.717, 1.165) is 47.0 Å². The van der Waals surface area contributed by atoms with E-state index in [0.29, 0.717) is 12.7 Å². The van der Waals surface area contributed by atoms with Gasteiger partial charge in [-0.25, -0.2) is 4.68 Å². The first-order valence-electron chi connectivity index (χ1n) is 11.1. The Morgan fingerprint density at radius 1 is 1.12 bits per heavy atom.